The lowest BCUT2D eigenvalue weighted by Gasteiger charge is -2.24. The summed E-state index contributed by atoms with van der Waals surface area (Å²) in [5.74, 6) is -0.638. The number of fused-ring (bicyclic) bond motifs is 1. The Bertz CT molecular complexity index is 1100. The van der Waals surface area contributed by atoms with Crippen LogP contribution in [0.15, 0.2) is 54.6 Å². The second-order valence-electron chi connectivity index (χ2n) is 6.83. The number of anilines is 2. The zero-order chi connectivity index (χ0) is 20.5. The summed E-state index contributed by atoms with van der Waals surface area (Å²) in [4.78, 5) is 36.3. The second-order valence-corrected chi connectivity index (χ2v) is 6.83. The maximum atomic E-state index is 12.9. The van der Waals surface area contributed by atoms with E-state index in [2.05, 4.69) is 15.7 Å². The number of primary amides is 1. The van der Waals surface area contributed by atoms with E-state index in [1.165, 1.54) is 12.1 Å². The van der Waals surface area contributed by atoms with Gasteiger partial charge in [0.05, 0.1) is 12.1 Å². The van der Waals surface area contributed by atoms with Gasteiger partial charge in [0.15, 0.2) is 0 Å². The minimum absolute atomic E-state index is 0.0203. The summed E-state index contributed by atoms with van der Waals surface area (Å²) >= 11 is 0. The third-order valence-corrected chi connectivity index (χ3v) is 4.87. The Labute approximate surface area is 166 Å². The molecule has 3 aromatic rings. The van der Waals surface area contributed by atoms with E-state index < -0.39 is 11.9 Å². The van der Waals surface area contributed by atoms with Crippen molar-refractivity contribution in [3.05, 3.63) is 65.7 Å². The molecule has 2 heterocycles. The molecule has 0 saturated carbocycles. The van der Waals surface area contributed by atoms with E-state index in [9.17, 15) is 14.4 Å². The molecular formula is C21H19N5O3. The second kappa shape index (κ2) is 7.23. The lowest BCUT2D eigenvalue weighted by molar-refractivity contribution is -0.125. The maximum Gasteiger partial charge on any atom is 0.249 e. The van der Waals surface area contributed by atoms with Gasteiger partial charge in [0.2, 0.25) is 17.7 Å². The lowest BCUT2D eigenvalue weighted by atomic mass is 10.1. The molecule has 0 aliphatic carbocycles. The monoisotopic (exact) mass is 389 g/mol. The molecule has 4 N–H and O–H groups in total. The molecule has 1 aliphatic heterocycles. The molecule has 1 aromatic heterocycles. The first-order valence-electron chi connectivity index (χ1n) is 9.09. The lowest BCUT2D eigenvalue weighted by Crippen LogP contribution is -2.35. The van der Waals surface area contributed by atoms with Gasteiger partial charge in [-0.2, -0.15) is 5.10 Å². The molecule has 8 heteroatoms. The molecule has 8 nitrogen and oxygen atoms in total. The van der Waals surface area contributed by atoms with Crippen LogP contribution in [0.2, 0.25) is 0 Å². The molecule has 0 fully saturated rings. The predicted octanol–water partition coefficient (Wildman–Crippen LogP) is 2.48. The van der Waals surface area contributed by atoms with Crippen LogP contribution >= 0.6 is 0 Å². The Hall–Kier alpha value is -3.94. The third kappa shape index (κ3) is 3.47. The van der Waals surface area contributed by atoms with Gasteiger partial charge < -0.3 is 16.4 Å². The van der Waals surface area contributed by atoms with Gasteiger partial charge in [-0.1, -0.05) is 30.3 Å². The van der Waals surface area contributed by atoms with Gasteiger partial charge >= 0.3 is 0 Å². The Morgan fingerprint density at radius 1 is 1.14 bits per heavy atom. The van der Waals surface area contributed by atoms with Crippen LogP contribution in [-0.4, -0.2) is 27.5 Å². The van der Waals surface area contributed by atoms with Crippen molar-refractivity contribution in [1.29, 1.82) is 0 Å². The number of nitrogens with one attached hydrogen (secondary N) is 2. The van der Waals surface area contributed by atoms with Gasteiger partial charge in [-0.25, -0.2) is 4.68 Å². The number of nitrogens with two attached hydrogens (primary N) is 1. The number of benzene rings is 2. The number of nitrogens with zero attached hydrogens (tertiary/aromatic N) is 2. The van der Waals surface area contributed by atoms with Gasteiger partial charge in [-0.15, -0.1) is 0 Å². The van der Waals surface area contributed by atoms with Crippen LogP contribution in [0.1, 0.15) is 28.4 Å². The number of carbonyl (C=O) groups is 3. The number of amides is 3. The van der Waals surface area contributed by atoms with Gasteiger partial charge in [0.1, 0.15) is 11.9 Å². The Morgan fingerprint density at radius 2 is 1.83 bits per heavy atom. The van der Waals surface area contributed by atoms with Crippen molar-refractivity contribution in [3.8, 4) is 11.3 Å². The molecule has 0 saturated heterocycles. The molecule has 0 bridgehead atoms. The minimum Gasteiger partial charge on any atom is -0.366 e. The fourth-order valence-electron chi connectivity index (χ4n) is 3.36. The van der Waals surface area contributed by atoms with Crippen LogP contribution in [0, 0.1) is 6.92 Å². The first-order chi connectivity index (χ1) is 13.9. The summed E-state index contributed by atoms with van der Waals surface area (Å²) in [5, 5.41) is 10.2. The summed E-state index contributed by atoms with van der Waals surface area (Å²) in [6.45, 7) is 1.87. The fraction of sp³-hybridized carbons (Fsp3) is 0.143. The minimum atomic E-state index is -0.786. The average Bonchev–Trinajstić information content (AvgIpc) is 3.05. The first kappa shape index (κ1) is 18.4. The average molecular weight is 389 g/mol. The SMILES string of the molecule is Cc1c(-c2ccccc2)nn2c1NC(=O)C[C@@H]2C(=O)Nc1ccc(C(N)=O)cc1. The van der Waals surface area contributed by atoms with Crippen molar-refractivity contribution < 1.29 is 14.4 Å². The van der Waals surface area contributed by atoms with Gasteiger partial charge in [-0.3, -0.25) is 14.4 Å². The van der Waals surface area contributed by atoms with Crippen molar-refractivity contribution in [2.45, 2.75) is 19.4 Å². The molecule has 4 rings (SSSR count). The van der Waals surface area contributed by atoms with E-state index in [4.69, 9.17) is 5.73 Å². The van der Waals surface area contributed by atoms with Crippen molar-refractivity contribution in [1.82, 2.24) is 9.78 Å². The molecule has 0 unspecified atom stereocenters. The van der Waals surface area contributed by atoms with E-state index in [0.717, 1.165) is 11.1 Å². The summed E-state index contributed by atoms with van der Waals surface area (Å²) in [6, 6.07) is 15.0. The van der Waals surface area contributed by atoms with E-state index in [1.54, 1.807) is 16.8 Å². The molecule has 2 aromatic carbocycles. The van der Waals surface area contributed by atoms with Crippen LogP contribution < -0.4 is 16.4 Å². The summed E-state index contributed by atoms with van der Waals surface area (Å²) < 4.78 is 1.56. The quantitative estimate of drug-likeness (QED) is 0.635. The molecule has 1 aliphatic rings. The Morgan fingerprint density at radius 3 is 2.48 bits per heavy atom. The highest BCUT2D eigenvalue weighted by Crippen LogP contribution is 2.34. The fourth-order valence-corrected chi connectivity index (χ4v) is 3.36. The number of aromatic nitrogens is 2. The number of hydrogen-bond acceptors (Lipinski definition) is 4. The Balaban J connectivity index is 1.64. The maximum absolute atomic E-state index is 12.9. The zero-order valence-electron chi connectivity index (χ0n) is 15.7. The molecule has 1 atom stereocenters. The van der Waals surface area contributed by atoms with Crippen LogP contribution in [0.3, 0.4) is 0 Å². The van der Waals surface area contributed by atoms with Crippen LogP contribution in [0.5, 0.6) is 0 Å². The van der Waals surface area contributed by atoms with Gasteiger partial charge in [0, 0.05) is 22.4 Å². The van der Waals surface area contributed by atoms with Crippen molar-refractivity contribution >= 4 is 29.2 Å². The highest BCUT2D eigenvalue weighted by Gasteiger charge is 2.34. The highest BCUT2D eigenvalue weighted by atomic mass is 16.2. The van der Waals surface area contributed by atoms with E-state index in [1.807, 2.05) is 37.3 Å². The van der Waals surface area contributed by atoms with Crippen molar-refractivity contribution in [2.75, 3.05) is 10.6 Å². The van der Waals surface area contributed by atoms with Crippen molar-refractivity contribution in [3.63, 3.8) is 0 Å². The molecule has 0 radical (unpaired) electrons. The third-order valence-electron chi connectivity index (χ3n) is 4.87. The summed E-state index contributed by atoms with van der Waals surface area (Å²) in [6.07, 6.45) is -0.0203. The van der Waals surface area contributed by atoms with Gasteiger partial charge in [0.25, 0.3) is 0 Å². The Kier molecular flexibility index (Phi) is 4.59. The summed E-state index contributed by atoms with van der Waals surface area (Å²) in [5.41, 5.74) is 8.50. The standard InChI is InChI=1S/C21H19N5O3/c1-12-18(13-5-3-2-4-6-13)25-26-16(11-17(27)24-20(12)26)21(29)23-15-9-7-14(8-10-15)19(22)28/h2-10,16H,11H2,1H3,(H2,22,28)(H,23,29)(H,24,27)/t16-/m1/s1. The van der Waals surface area contributed by atoms with Crippen molar-refractivity contribution in [2.24, 2.45) is 5.73 Å². The van der Waals surface area contributed by atoms with Crippen LogP contribution in [0.4, 0.5) is 11.5 Å². The number of rotatable bonds is 4. The van der Waals surface area contributed by atoms with Gasteiger partial charge in [-0.05, 0) is 31.2 Å². The largest absolute Gasteiger partial charge is 0.366 e. The molecular weight excluding hydrogens is 370 g/mol. The molecule has 29 heavy (non-hydrogen) atoms. The smallest absolute Gasteiger partial charge is 0.249 e. The van der Waals surface area contributed by atoms with E-state index >= 15 is 0 Å². The topological polar surface area (TPSA) is 119 Å². The molecule has 0 spiro atoms. The normalized spacial score (nSPS) is 15.3. The van der Waals surface area contributed by atoms with Crippen LogP contribution in [0.25, 0.3) is 11.3 Å². The first-order valence-corrected chi connectivity index (χ1v) is 9.09. The number of hydrogen-bond donors (Lipinski definition) is 3. The number of carbonyl (C=O) groups excluding carboxylic acids is 3. The van der Waals surface area contributed by atoms with Crippen LogP contribution in [-0.2, 0) is 9.59 Å². The highest BCUT2D eigenvalue weighted by molar-refractivity contribution is 6.02. The summed E-state index contributed by atoms with van der Waals surface area (Å²) in [7, 11) is 0. The molecule has 3 amide bonds. The molecule has 146 valence electrons. The van der Waals surface area contributed by atoms with E-state index in [-0.39, 0.29) is 18.2 Å². The van der Waals surface area contributed by atoms with E-state index in [0.29, 0.717) is 22.8 Å². The zero-order valence-corrected chi connectivity index (χ0v) is 15.7. The predicted molar refractivity (Wildman–Crippen MR) is 108 cm³/mol.